The molecule has 0 bridgehead atoms. The summed E-state index contributed by atoms with van der Waals surface area (Å²) in [6.45, 7) is 4.20. The summed E-state index contributed by atoms with van der Waals surface area (Å²) >= 11 is 0. The Balaban J connectivity index is 2.60. The van der Waals surface area contributed by atoms with Gasteiger partial charge in [0.1, 0.15) is 5.75 Å². The fourth-order valence-corrected chi connectivity index (χ4v) is 1.06. The molecule has 0 aromatic heterocycles. The molecule has 3 N–H and O–H groups in total. The number of hydrogen-bond donors (Lipinski definition) is 2. The van der Waals surface area contributed by atoms with Gasteiger partial charge in [-0.1, -0.05) is 0 Å². The van der Waals surface area contributed by atoms with E-state index in [0.717, 1.165) is 11.4 Å². The Bertz CT molecular complexity index is 320. The van der Waals surface area contributed by atoms with Crippen LogP contribution in [0.3, 0.4) is 0 Å². The van der Waals surface area contributed by atoms with Crippen LogP contribution >= 0.6 is 0 Å². The summed E-state index contributed by atoms with van der Waals surface area (Å²) in [4.78, 5) is 11.3. The van der Waals surface area contributed by atoms with Gasteiger partial charge in [-0.3, -0.25) is 4.79 Å². The molecule has 0 saturated heterocycles. The number of carbonyl (C=O) groups is 1. The Hall–Kier alpha value is -1.55. The van der Waals surface area contributed by atoms with E-state index < -0.39 is 6.04 Å². The van der Waals surface area contributed by atoms with Crippen LogP contribution in [0.25, 0.3) is 0 Å². The SMILES string of the molecule is CCOc1ccc(NC(=O)C(C)N)cc1. The monoisotopic (exact) mass is 208 g/mol. The van der Waals surface area contributed by atoms with E-state index in [-0.39, 0.29) is 5.91 Å². The van der Waals surface area contributed by atoms with Gasteiger partial charge >= 0.3 is 0 Å². The number of hydrogen-bond acceptors (Lipinski definition) is 3. The molecule has 1 aromatic carbocycles. The molecular formula is C11H16N2O2. The van der Waals surface area contributed by atoms with Gasteiger partial charge in [0.2, 0.25) is 5.91 Å². The van der Waals surface area contributed by atoms with Crippen LogP contribution in [0.1, 0.15) is 13.8 Å². The first-order valence-electron chi connectivity index (χ1n) is 4.92. The van der Waals surface area contributed by atoms with Crippen molar-refractivity contribution in [3.63, 3.8) is 0 Å². The minimum Gasteiger partial charge on any atom is -0.494 e. The van der Waals surface area contributed by atoms with Crippen molar-refractivity contribution in [2.75, 3.05) is 11.9 Å². The first-order valence-corrected chi connectivity index (χ1v) is 4.92. The molecule has 15 heavy (non-hydrogen) atoms. The normalized spacial score (nSPS) is 11.9. The van der Waals surface area contributed by atoms with Crippen LogP contribution in [0.15, 0.2) is 24.3 Å². The predicted molar refractivity (Wildman–Crippen MR) is 59.9 cm³/mol. The second-order valence-corrected chi connectivity index (χ2v) is 3.24. The van der Waals surface area contributed by atoms with Crippen molar-refractivity contribution in [3.05, 3.63) is 24.3 Å². The number of benzene rings is 1. The minimum absolute atomic E-state index is 0.195. The average Bonchev–Trinajstić information content (AvgIpc) is 2.21. The molecule has 0 fully saturated rings. The second-order valence-electron chi connectivity index (χ2n) is 3.24. The van der Waals surface area contributed by atoms with Gasteiger partial charge in [0.05, 0.1) is 12.6 Å². The molecule has 1 atom stereocenters. The maximum Gasteiger partial charge on any atom is 0.240 e. The van der Waals surface area contributed by atoms with Crippen LogP contribution in [-0.2, 0) is 4.79 Å². The van der Waals surface area contributed by atoms with Crippen molar-refractivity contribution in [2.24, 2.45) is 5.73 Å². The lowest BCUT2D eigenvalue weighted by Crippen LogP contribution is -2.32. The van der Waals surface area contributed by atoms with Crippen molar-refractivity contribution >= 4 is 11.6 Å². The summed E-state index contributed by atoms with van der Waals surface area (Å²) in [6, 6.07) is 6.67. The molecule has 1 unspecified atom stereocenters. The molecule has 4 heteroatoms. The van der Waals surface area contributed by atoms with Crippen molar-refractivity contribution in [1.29, 1.82) is 0 Å². The molecule has 1 aromatic rings. The first-order chi connectivity index (χ1) is 7.13. The Labute approximate surface area is 89.4 Å². The lowest BCUT2D eigenvalue weighted by molar-refractivity contribution is -0.117. The molecule has 0 heterocycles. The van der Waals surface area contributed by atoms with Crippen molar-refractivity contribution < 1.29 is 9.53 Å². The van der Waals surface area contributed by atoms with E-state index >= 15 is 0 Å². The van der Waals surface area contributed by atoms with Gasteiger partial charge in [-0.05, 0) is 38.1 Å². The molecule has 0 radical (unpaired) electrons. The molecule has 0 aliphatic heterocycles. The summed E-state index contributed by atoms with van der Waals surface area (Å²) in [5.74, 6) is 0.593. The number of amides is 1. The number of ether oxygens (including phenoxy) is 1. The van der Waals surface area contributed by atoms with Crippen LogP contribution in [-0.4, -0.2) is 18.6 Å². The molecule has 0 aliphatic rings. The molecule has 0 spiro atoms. The van der Waals surface area contributed by atoms with E-state index in [2.05, 4.69) is 5.32 Å². The summed E-state index contributed by atoms with van der Waals surface area (Å²) in [5.41, 5.74) is 6.15. The van der Waals surface area contributed by atoms with E-state index in [1.54, 1.807) is 31.2 Å². The maximum atomic E-state index is 11.3. The summed E-state index contributed by atoms with van der Waals surface area (Å²) in [5, 5.41) is 2.69. The van der Waals surface area contributed by atoms with E-state index in [1.807, 2.05) is 6.92 Å². The van der Waals surface area contributed by atoms with E-state index in [4.69, 9.17) is 10.5 Å². The Morgan fingerprint density at radius 2 is 2.07 bits per heavy atom. The van der Waals surface area contributed by atoms with Gasteiger partial charge in [-0.25, -0.2) is 0 Å². The van der Waals surface area contributed by atoms with Crippen LogP contribution in [0.4, 0.5) is 5.69 Å². The second kappa shape index (κ2) is 5.36. The Kier molecular flexibility index (Phi) is 4.12. The van der Waals surface area contributed by atoms with Crippen molar-refractivity contribution in [2.45, 2.75) is 19.9 Å². The summed E-state index contributed by atoms with van der Waals surface area (Å²) in [6.07, 6.45) is 0. The van der Waals surface area contributed by atoms with E-state index in [0.29, 0.717) is 6.61 Å². The van der Waals surface area contributed by atoms with Gasteiger partial charge in [0.25, 0.3) is 0 Å². The van der Waals surface area contributed by atoms with Gasteiger partial charge in [0, 0.05) is 5.69 Å². The molecule has 0 saturated carbocycles. The molecule has 4 nitrogen and oxygen atoms in total. The standard InChI is InChI=1S/C11H16N2O2/c1-3-15-10-6-4-9(5-7-10)13-11(14)8(2)12/h4-8H,3,12H2,1-2H3,(H,13,14). The lowest BCUT2D eigenvalue weighted by atomic mass is 10.2. The Morgan fingerprint density at radius 3 is 2.53 bits per heavy atom. The van der Waals surface area contributed by atoms with Gasteiger partial charge in [-0.15, -0.1) is 0 Å². The number of carbonyl (C=O) groups excluding carboxylic acids is 1. The van der Waals surface area contributed by atoms with Gasteiger partial charge < -0.3 is 15.8 Å². The van der Waals surface area contributed by atoms with Crippen molar-refractivity contribution in [1.82, 2.24) is 0 Å². The van der Waals surface area contributed by atoms with Crippen LogP contribution in [0, 0.1) is 0 Å². The minimum atomic E-state index is -0.503. The number of anilines is 1. The topological polar surface area (TPSA) is 64.3 Å². The van der Waals surface area contributed by atoms with E-state index in [9.17, 15) is 4.79 Å². The predicted octanol–water partition coefficient (Wildman–Crippen LogP) is 1.37. The maximum absolute atomic E-state index is 11.3. The zero-order valence-electron chi connectivity index (χ0n) is 8.99. The molecule has 1 rings (SSSR count). The first kappa shape index (κ1) is 11.5. The zero-order chi connectivity index (χ0) is 11.3. The highest BCUT2D eigenvalue weighted by Gasteiger charge is 2.06. The fraction of sp³-hybridized carbons (Fsp3) is 0.364. The third-order valence-corrected chi connectivity index (χ3v) is 1.85. The lowest BCUT2D eigenvalue weighted by Gasteiger charge is -2.08. The highest BCUT2D eigenvalue weighted by molar-refractivity contribution is 5.94. The third-order valence-electron chi connectivity index (χ3n) is 1.85. The summed E-state index contributed by atoms with van der Waals surface area (Å²) < 4.78 is 5.28. The Morgan fingerprint density at radius 1 is 1.47 bits per heavy atom. The molecule has 0 aliphatic carbocycles. The van der Waals surface area contributed by atoms with Crippen LogP contribution in [0.5, 0.6) is 5.75 Å². The largest absolute Gasteiger partial charge is 0.494 e. The van der Waals surface area contributed by atoms with E-state index in [1.165, 1.54) is 0 Å². The molecular weight excluding hydrogens is 192 g/mol. The highest BCUT2D eigenvalue weighted by atomic mass is 16.5. The third kappa shape index (κ3) is 3.59. The molecule has 1 amide bonds. The number of nitrogens with two attached hydrogens (primary N) is 1. The van der Waals surface area contributed by atoms with Gasteiger partial charge in [0.15, 0.2) is 0 Å². The number of nitrogens with one attached hydrogen (secondary N) is 1. The molecule has 82 valence electrons. The fourth-order valence-electron chi connectivity index (χ4n) is 1.06. The summed E-state index contributed by atoms with van der Waals surface area (Å²) in [7, 11) is 0. The smallest absolute Gasteiger partial charge is 0.240 e. The van der Waals surface area contributed by atoms with Crippen molar-refractivity contribution in [3.8, 4) is 5.75 Å². The number of rotatable bonds is 4. The highest BCUT2D eigenvalue weighted by Crippen LogP contribution is 2.15. The average molecular weight is 208 g/mol. The van der Waals surface area contributed by atoms with Crippen LogP contribution < -0.4 is 15.8 Å². The zero-order valence-corrected chi connectivity index (χ0v) is 8.99. The van der Waals surface area contributed by atoms with Gasteiger partial charge in [-0.2, -0.15) is 0 Å². The van der Waals surface area contributed by atoms with Crippen LogP contribution in [0.2, 0.25) is 0 Å². The quantitative estimate of drug-likeness (QED) is 0.785.